The Balaban J connectivity index is 1.99. The van der Waals surface area contributed by atoms with Crippen molar-refractivity contribution in [3.63, 3.8) is 0 Å². The Kier molecular flexibility index (Phi) is 4.42. The van der Waals surface area contributed by atoms with E-state index in [-0.39, 0.29) is 17.9 Å². The van der Waals surface area contributed by atoms with E-state index in [1.807, 2.05) is 0 Å². The van der Waals surface area contributed by atoms with E-state index in [4.69, 9.17) is 4.74 Å². The molecule has 1 amide bonds. The van der Waals surface area contributed by atoms with Crippen molar-refractivity contribution in [3.8, 4) is 11.5 Å². The van der Waals surface area contributed by atoms with Crippen molar-refractivity contribution in [1.29, 1.82) is 0 Å². The summed E-state index contributed by atoms with van der Waals surface area (Å²) >= 11 is 1.26. The van der Waals surface area contributed by atoms with Crippen molar-refractivity contribution in [2.45, 2.75) is 18.6 Å². The Labute approximate surface area is 145 Å². The lowest BCUT2D eigenvalue weighted by atomic mass is 10.0. The topological polar surface area (TPSA) is 62.1 Å². The Morgan fingerprint density at radius 3 is 2.76 bits per heavy atom. The zero-order chi connectivity index (χ0) is 18.2. The summed E-state index contributed by atoms with van der Waals surface area (Å²) in [5.41, 5.74) is 0.794. The van der Waals surface area contributed by atoms with Gasteiger partial charge in [-0.1, -0.05) is 6.07 Å². The highest BCUT2D eigenvalue weighted by atomic mass is 32.1. The lowest BCUT2D eigenvalue weighted by Crippen LogP contribution is -2.37. The van der Waals surface area contributed by atoms with Gasteiger partial charge in [0, 0.05) is 16.9 Å². The Bertz CT molecular complexity index is 819. The first kappa shape index (κ1) is 17.3. The number of hydrogen-bond donors (Lipinski definition) is 1. The van der Waals surface area contributed by atoms with Crippen LogP contribution in [-0.2, 0) is 4.79 Å². The molecule has 1 aliphatic heterocycles. The predicted molar refractivity (Wildman–Crippen MR) is 85.8 cm³/mol. The molecule has 0 saturated carbocycles. The monoisotopic (exact) mass is 370 g/mol. The Hall–Kier alpha value is -2.55. The molecule has 0 saturated heterocycles. The van der Waals surface area contributed by atoms with Gasteiger partial charge in [0.1, 0.15) is 0 Å². The van der Waals surface area contributed by atoms with E-state index in [1.165, 1.54) is 36.6 Å². The van der Waals surface area contributed by atoms with E-state index in [0.29, 0.717) is 21.2 Å². The summed E-state index contributed by atoms with van der Waals surface area (Å²) in [5, 5.41) is 15.8. The zero-order valence-corrected chi connectivity index (χ0v) is 13.8. The molecule has 0 radical (unpaired) electrons. The number of phenolic OH excluding ortho intramolecular Hbond substituents is 1. The smallest absolute Gasteiger partial charge is 0.473 e. The first-order chi connectivity index (χ1) is 11.8. The van der Waals surface area contributed by atoms with Crippen LogP contribution in [0.5, 0.6) is 11.5 Å². The van der Waals surface area contributed by atoms with Gasteiger partial charge in [-0.25, -0.2) is 5.01 Å². The maximum Gasteiger partial charge on any atom is 0.473 e. The fourth-order valence-corrected chi connectivity index (χ4v) is 3.37. The van der Waals surface area contributed by atoms with Crippen LogP contribution >= 0.6 is 11.3 Å². The van der Waals surface area contributed by atoms with E-state index in [1.54, 1.807) is 17.5 Å². The van der Waals surface area contributed by atoms with Gasteiger partial charge in [0.05, 0.1) is 18.9 Å². The largest absolute Gasteiger partial charge is 0.504 e. The maximum atomic E-state index is 12.9. The third-order valence-electron chi connectivity index (χ3n) is 3.75. The number of amides is 1. The fraction of sp³-hybridized carbons (Fsp3) is 0.250. The molecule has 2 heterocycles. The molecule has 1 unspecified atom stereocenters. The van der Waals surface area contributed by atoms with Gasteiger partial charge in [0.15, 0.2) is 11.5 Å². The molecule has 25 heavy (non-hydrogen) atoms. The molecule has 0 fully saturated rings. The maximum absolute atomic E-state index is 12.9. The summed E-state index contributed by atoms with van der Waals surface area (Å²) < 4.78 is 43.7. The number of ether oxygens (including phenoxy) is 1. The number of carbonyl (C=O) groups excluding carboxylic acids is 1. The number of hydrogen-bond acceptors (Lipinski definition) is 5. The highest BCUT2D eigenvalue weighted by molar-refractivity contribution is 7.10. The van der Waals surface area contributed by atoms with Gasteiger partial charge in [0.25, 0.3) is 0 Å². The van der Waals surface area contributed by atoms with Crippen molar-refractivity contribution in [2.75, 3.05) is 7.11 Å². The average molecular weight is 370 g/mol. The number of thiophene rings is 1. The highest BCUT2D eigenvalue weighted by Gasteiger charge is 2.47. The average Bonchev–Trinajstić information content (AvgIpc) is 3.22. The molecule has 0 aliphatic carbocycles. The summed E-state index contributed by atoms with van der Waals surface area (Å²) in [7, 11) is 1.36. The number of methoxy groups -OCH3 is 1. The predicted octanol–water partition coefficient (Wildman–Crippen LogP) is 3.70. The van der Waals surface area contributed by atoms with Gasteiger partial charge in [-0.3, -0.25) is 4.79 Å². The molecule has 1 aliphatic rings. The van der Waals surface area contributed by atoms with Crippen LogP contribution < -0.4 is 4.74 Å². The quantitative estimate of drug-likeness (QED) is 0.896. The normalized spacial score (nSPS) is 17.5. The second-order valence-corrected chi connectivity index (χ2v) is 6.30. The molecule has 0 bridgehead atoms. The zero-order valence-electron chi connectivity index (χ0n) is 12.9. The number of benzene rings is 1. The number of aromatic hydroxyl groups is 1. The number of alkyl halides is 3. The van der Waals surface area contributed by atoms with Crippen LogP contribution in [0, 0.1) is 0 Å². The molecule has 2 aromatic rings. The number of hydrazone groups is 1. The SMILES string of the molecule is COc1cc(C2=NN(C(=O)C(F)(F)F)C(c3cccs3)C2)ccc1O. The summed E-state index contributed by atoms with van der Waals surface area (Å²) in [6.07, 6.45) is -4.88. The van der Waals surface area contributed by atoms with Gasteiger partial charge in [-0.05, 0) is 29.6 Å². The molecule has 5 nitrogen and oxygen atoms in total. The van der Waals surface area contributed by atoms with Crippen LogP contribution in [0.15, 0.2) is 40.8 Å². The van der Waals surface area contributed by atoms with E-state index in [9.17, 15) is 23.1 Å². The molecular weight excluding hydrogens is 357 g/mol. The van der Waals surface area contributed by atoms with E-state index >= 15 is 0 Å². The molecule has 1 aromatic heterocycles. The van der Waals surface area contributed by atoms with Gasteiger partial charge < -0.3 is 9.84 Å². The number of phenols is 1. The van der Waals surface area contributed by atoms with E-state index in [2.05, 4.69) is 5.10 Å². The third kappa shape index (κ3) is 3.32. The first-order valence-electron chi connectivity index (χ1n) is 7.20. The van der Waals surface area contributed by atoms with Gasteiger partial charge in [0.2, 0.25) is 0 Å². The molecule has 1 aromatic carbocycles. The second-order valence-electron chi connectivity index (χ2n) is 5.32. The molecule has 9 heteroatoms. The molecular formula is C16H13F3N2O3S. The molecule has 1 atom stereocenters. The summed E-state index contributed by atoms with van der Waals surface area (Å²) in [5.74, 6) is -1.93. The van der Waals surface area contributed by atoms with Crippen molar-refractivity contribution in [2.24, 2.45) is 5.10 Å². The minimum Gasteiger partial charge on any atom is -0.504 e. The number of nitrogens with zero attached hydrogens (tertiary/aromatic N) is 2. The molecule has 1 N–H and O–H groups in total. The molecule has 3 rings (SSSR count). The summed E-state index contributed by atoms with van der Waals surface area (Å²) in [6.45, 7) is 0. The second kappa shape index (κ2) is 6.40. The van der Waals surface area contributed by atoms with E-state index < -0.39 is 18.1 Å². The lowest BCUT2D eigenvalue weighted by Gasteiger charge is -2.21. The van der Waals surface area contributed by atoms with Crippen LogP contribution in [0.25, 0.3) is 0 Å². The Morgan fingerprint density at radius 2 is 2.16 bits per heavy atom. The molecule has 0 spiro atoms. The number of halogens is 3. The molecule has 132 valence electrons. The van der Waals surface area contributed by atoms with Crippen LogP contribution in [-0.4, -0.2) is 35.0 Å². The Morgan fingerprint density at radius 1 is 1.40 bits per heavy atom. The van der Waals surface area contributed by atoms with Crippen molar-refractivity contribution in [3.05, 3.63) is 46.2 Å². The first-order valence-corrected chi connectivity index (χ1v) is 8.08. The fourth-order valence-electron chi connectivity index (χ4n) is 2.56. The van der Waals surface area contributed by atoms with Crippen molar-refractivity contribution < 1.29 is 27.8 Å². The number of rotatable bonds is 3. The third-order valence-corrected chi connectivity index (χ3v) is 4.72. The minimum absolute atomic E-state index is 0.0946. The summed E-state index contributed by atoms with van der Waals surface area (Å²) in [4.78, 5) is 12.4. The van der Waals surface area contributed by atoms with Gasteiger partial charge in [-0.15, -0.1) is 11.3 Å². The minimum atomic E-state index is -5.01. The lowest BCUT2D eigenvalue weighted by molar-refractivity contribution is -0.187. The van der Waals surface area contributed by atoms with Crippen LogP contribution in [0.3, 0.4) is 0 Å². The van der Waals surface area contributed by atoms with Crippen LogP contribution in [0.2, 0.25) is 0 Å². The van der Waals surface area contributed by atoms with Crippen LogP contribution in [0.1, 0.15) is 22.9 Å². The van der Waals surface area contributed by atoms with Gasteiger partial charge >= 0.3 is 12.1 Å². The summed E-state index contributed by atoms with van der Waals surface area (Å²) in [6, 6.07) is 6.92. The van der Waals surface area contributed by atoms with Crippen molar-refractivity contribution in [1.82, 2.24) is 5.01 Å². The standard InChI is InChI=1S/C16H13F3N2O3S/c1-24-13-7-9(4-5-12(13)22)10-8-11(14-3-2-6-25-14)21(20-10)15(23)16(17,18)19/h2-7,11,22H,8H2,1H3. The van der Waals surface area contributed by atoms with Crippen LogP contribution in [0.4, 0.5) is 13.2 Å². The van der Waals surface area contributed by atoms with Gasteiger partial charge in [-0.2, -0.15) is 18.3 Å². The number of carbonyl (C=O) groups is 1. The van der Waals surface area contributed by atoms with E-state index in [0.717, 1.165) is 0 Å². The van der Waals surface area contributed by atoms with Crippen molar-refractivity contribution >= 4 is 23.0 Å². The highest BCUT2D eigenvalue weighted by Crippen LogP contribution is 2.38.